The van der Waals surface area contributed by atoms with Crippen molar-refractivity contribution in [2.24, 2.45) is 7.05 Å². The van der Waals surface area contributed by atoms with Crippen LogP contribution in [-0.4, -0.2) is 24.7 Å². The van der Waals surface area contributed by atoms with Crippen LogP contribution in [0.3, 0.4) is 0 Å². The smallest absolute Gasteiger partial charge is 0.180 e. The van der Waals surface area contributed by atoms with E-state index in [0.717, 1.165) is 29.1 Å². The fourth-order valence-corrected chi connectivity index (χ4v) is 1.95. The van der Waals surface area contributed by atoms with Crippen molar-refractivity contribution in [2.75, 3.05) is 5.73 Å². The third-order valence-corrected chi connectivity index (χ3v) is 2.90. The Kier molecular flexibility index (Phi) is 2.29. The van der Waals surface area contributed by atoms with E-state index in [1.54, 1.807) is 6.07 Å². The zero-order valence-electron chi connectivity index (χ0n) is 10.3. The van der Waals surface area contributed by atoms with Gasteiger partial charge >= 0.3 is 0 Å². The molecule has 0 radical (unpaired) electrons. The molecule has 0 amide bonds. The summed E-state index contributed by atoms with van der Waals surface area (Å²) in [4.78, 5) is 11.9. The number of rotatable bonds is 2. The molecule has 92 valence electrons. The normalized spacial score (nSPS) is 11.2. The SMILES string of the molecule is CCc1cc(-c2nc3nc(N)ccc3[nH]2)n(C)n1. The van der Waals surface area contributed by atoms with E-state index < -0.39 is 0 Å². The van der Waals surface area contributed by atoms with Crippen molar-refractivity contribution in [3.8, 4) is 11.5 Å². The second-order valence-corrected chi connectivity index (χ2v) is 4.19. The van der Waals surface area contributed by atoms with Gasteiger partial charge in [0, 0.05) is 7.05 Å². The summed E-state index contributed by atoms with van der Waals surface area (Å²) in [5.41, 5.74) is 9.14. The van der Waals surface area contributed by atoms with E-state index in [0.29, 0.717) is 11.5 Å². The fourth-order valence-electron chi connectivity index (χ4n) is 1.95. The monoisotopic (exact) mass is 242 g/mol. The Hall–Kier alpha value is -2.37. The molecule has 6 nitrogen and oxygen atoms in total. The molecule has 3 heterocycles. The van der Waals surface area contributed by atoms with E-state index in [1.165, 1.54) is 0 Å². The van der Waals surface area contributed by atoms with Crippen molar-refractivity contribution in [1.82, 2.24) is 24.7 Å². The van der Waals surface area contributed by atoms with E-state index in [1.807, 2.05) is 23.9 Å². The van der Waals surface area contributed by atoms with Crippen molar-refractivity contribution in [3.63, 3.8) is 0 Å². The first kappa shape index (κ1) is 10.8. The highest BCUT2D eigenvalue weighted by molar-refractivity contribution is 5.76. The minimum absolute atomic E-state index is 0.472. The van der Waals surface area contributed by atoms with Crippen LogP contribution in [0.1, 0.15) is 12.6 Å². The van der Waals surface area contributed by atoms with E-state index >= 15 is 0 Å². The van der Waals surface area contributed by atoms with Gasteiger partial charge in [0.1, 0.15) is 11.5 Å². The van der Waals surface area contributed by atoms with Gasteiger partial charge in [0.2, 0.25) is 0 Å². The van der Waals surface area contributed by atoms with Crippen LogP contribution in [0.2, 0.25) is 0 Å². The average molecular weight is 242 g/mol. The zero-order chi connectivity index (χ0) is 12.7. The van der Waals surface area contributed by atoms with Crippen LogP contribution in [0, 0.1) is 0 Å². The molecule has 3 N–H and O–H groups in total. The largest absolute Gasteiger partial charge is 0.384 e. The quantitative estimate of drug-likeness (QED) is 0.713. The number of fused-ring (bicyclic) bond motifs is 1. The summed E-state index contributed by atoms with van der Waals surface area (Å²) >= 11 is 0. The van der Waals surface area contributed by atoms with Crippen LogP contribution in [0.15, 0.2) is 18.2 Å². The number of hydrogen-bond acceptors (Lipinski definition) is 4. The maximum Gasteiger partial charge on any atom is 0.180 e. The van der Waals surface area contributed by atoms with Gasteiger partial charge in [0.25, 0.3) is 0 Å². The molecule has 0 bridgehead atoms. The number of aryl methyl sites for hydroxylation is 2. The summed E-state index contributed by atoms with van der Waals surface area (Å²) in [6.45, 7) is 2.08. The summed E-state index contributed by atoms with van der Waals surface area (Å²) in [6, 6.07) is 5.66. The Balaban J connectivity index is 2.15. The van der Waals surface area contributed by atoms with Gasteiger partial charge in [0.05, 0.1) is 11.2 Å². The molecule has 0 saturated heterocycles. The van der Waals surface area contributed by atoms with Gasteiger partial charge in [0.15, 0.2) is 11.5 Å². The highest BCUT2D eigenvalue weighted by atomic mass is 15.3. The highest BCUT2D eigenvalue weighted by Crippen LogP contribution is 2.20. The number of nitrogens with two attached hydrogens (primary N) is 1. The Labute approximate surface area is 104 Å². The molecule has 0 unspecified atom stereocenters. The van der Waals surface area contributed by atoms with Gasteiger partial charge in [-0.2, -0.15) is 5.10 Å². The van der Waals surface area contributed by atoms with Crippen molar-refractivity contribution in [1.29, 1.82) is 0 Å². The molecule has 0 aromatic carbocycles. The number of nitrogens with zero attached hydrogens (tertiary/aromatic N) is 4. The third-order valence-electron chi connectivity index (χ3n) is 2.90. The Morgan fingerprint density at radius 3 is 2.89 bits per heavy atom. The van der Waals surface area contributed by atoms with Gasteiger partial charge in [-0.3, -0.25) is 4.68 Å². The lowest BCUT2D eigenvalue weighted by Crippen LogP contribution is -1.95. The number of anilines is 1. The zero-order valence-corrected chi connectivity index (χ0v) is 10.3. The van der Waals surface area contributed by atoms with Crippen LogP contribution in [0.4, 0.5) is 5.82 Å². The molecule has 0 atom stereocenters. The molecule has 3 aromatic rings. The summed E-state index contributed by atoms with van der Waals surface area (Å²) in [7, 11) is 1.91. The molecule has 3 aromatic heterocycles. The minimum atomic E-state index is 0.472. The van der Waals surface area contributed by atoms with Crippen molar-refractivity contribution < 1.29 is 0 Å². The molecule has 0 spiro atoms. The number of nitrogen functional groups attached to an aromatic ring is 1. The summed E-state index contributed by atoms with van der Waals surface area (Å²) < 4.78 is 1.82. The molecule has 0 aliphatic carbocycles. The van der Waals surface area contributed by atoms with Gasteiger partial charge < -0.3 is 10.7 Å². The van der Waals surface area contributed by atoms with E-state index in [2.05, 4.69) is 27.0 Å². The first-order chi connectivity index (χ1) is 8.67. The first-order valence-corrected chi connectivity index (χ1v) is 5.83. The van der Waals surface area contributed by atoms with E-state index in [-0.39, 0.29) is 0 Å². The maximum absolute atomic E-state index is 5.64. The number of hydrogen-bond donors (Lipinski definition) is 2. The number of nitrogens with one attached hydrogen (secondary N) is 1. The standard InChI is InChI=1S/C12H14N6/c1-3-7-6-9(18(2)17-7)12-14-8-4-5-10(13)15-11(8)16-12/h4-6H,3H2,1-2H3,(H3,13,14,15,16). The number of aromatic nitrogens is 5. The van der Waals surface area contributed by atoms with Crippen LogP contribution < -0.4 is 5.73 Å². The number of aromatic amines is 1. The fraction of sp³-hybridized carbons (Fsp3) is 0.250. The van der Waals surface area contributed by atoms with Crippen LogP contribution in [-0.2, 0) is 13.5 Å². The highest BCUT2D eigenvalue weighted by Gasteiger charge is 2.11. The lowest BCUT2D eigenvalue weighted by atomic mass is 10.3. The predicted molar refractivity (Wildman–Crippen MR) is 69.9 cm³/mol. The van der Waals surface area contributed by atoms with Crippen molar-refractivity contribution >= 4 is 17.0 Å². The summed E-state index contributed by atoms with van der Waals surface area (Å²) in [6.07, 6.45) is 0.902. The lowest BCUT2D eigenvalue weighted by Gasteiger charge is -1.95. The van der Waals surface area contributed by atoms with Crippen molar-refractivity contribution in [3.05, 3.63) is 23.9 Å². The average Bonchev–Trinajstić information content (AvgIpc) is 2.91. The first-order valence-electron chi connectivity index (χ1n) is 5.83. The molecule has 18 heavy (non-hydrogen) atoms. The second-order valence-electron chi connectivity index (χ2n) is 4.19. The second kappa shape index (κ2) is 3.83. The van der Waals surface area contributed by atoms with Gasteiger partial charge in [-0.25, -0.2) is 9.97 Å². The van der Waals surface area contributed by atoms with E-state index in [9.17, 15) is 0 Å². The van der Waals surface area contributed by atoms with E-state index in [4.69, 9.17) is 5.73 Å². The molecule has 3 rings (SSSR count). The topological polar surface area (TPSA) is 85.4 Å². The molecule has 0 saturated carbocycles. The molecule has 0 fully saturated rings. The van der Waals surface area contributed by atoms with Gasteiger partial charge in [-0.15, -0.1) is 0 Å². The van der Waals surface area contributed by atoms with Crippen LogP contribution in [0.25, 0.3) is 22.7 Å². The minimum Gasteiger partial charge on any atom is -0.384 e. The third kappa shape index (κ3) is 1.62. The number of H-pyrrole nitrogens is 1. The number of imidazole rings is 1. The Morgan fingerprint density at radius 1 is 1.33 bits per heavy atom. The Morgan fingerprint density at radius 2 is 2.17 bits per heavy atom. The molecule has 6 heteroatoms. The molecule has 0 aliphatic heterocycles. The van der Waals surface area contributed by atoms with Gasteiger partial charge in [-0.1, -0.05) is 6.92 Å². The molecular formula is C12H14N6. The maximum atomic E-state index is 5.64. The lowest BCUT2D eigenvalue weighted by molar-refractivity contribution is 0.749. The van der Waals surface area contributed by atoms with Crippen LogP contribution >= 0.6 is 0 Å². The molecule has 0 aliphatic rings. The Bertz CT molecular complexity index is 709. The summed E-state index contributed by atoms with van der Waals surface area (Å²) in [5.74, 6) is 1.23. The predicted octanol–water partition coefficient (Wildman–Crippen LogP) is 1.50. The number of pyridine rings is 1. The molecular weight excluding hydrogens is 228 g/mol. The van der Waals surface area contributed by atoms with Crippen molar-refractivity contribution in [2.45, 2.75) is 13.3 Å². The van der Waals surface area contributed by atoms with Crippen LogP contribution in [0.5, 0.6) is 0 Å². The van der Waals surface area contributed by atoms with Gasteiger partial charge in [-0.05, 0) is 24.6 Å². The summed E-state index contributed by atoms with van der Waals surface area (Å²) in [5, 5.41) is 4.40.